The zero-order valence-electron chi connectivity index (χ0n) is 10.3. The molecule has 0 aliphatic carbocycles. The van der Waals surface area contributed by atoms with Crippen molar-refractivity contribution in [2.24, 2.45) is 0 Å². The molecule has 0 fully saturated rings. The van der Waals surface area contributed by atoms with E-state index in [-0.39, 0.29) is 6.04 Å². The Morgan fingerprint density at radius 2 is 1.84 bits per heavy atom. The summed E-state index contributed by atoms with van der Waals surface area (Å²) in [5.41, 5.74) is 1.77. The van der Waals surface area contributed by atoms with E-state index in [1.165, 1.54) is 0 Å². The van der Waals surface area contributed by atoms with Crippen LogP contribution in [0.1, 0.15) is 24.2 Å². The standard InChI is InChI=1S/C14H13Cl3N2/c1-9(13-4-2-3-7-18-13)19-8-10-11(15)5-6-12(16)14(10)17/h2-7,9,19H,8H2,1H3/t9-/m1/s1. The Kier molecular flexibility index (Phi) is 5.06. The van der Waals surface area contributed by atoms with Gasteiger partial charge in [-0.05, 0) is 31.2 Å². The smallest absolute Gasteiger partial charge is 0.0652 e. The first kappa shape index (κ1) is 14.6. The largest absolute Gasteiger partial charge is 0.305 e. The molecule has 1 aromatic heterocycles. The van der Waals surface area contributed by atoms with Crippen LogP contribution in [0, 0.1) is 0 Å². The van der Waals surface area contributed by atoms with Crippen LogP contribution in [0.2, 0.25) is 15.1 Å². The van der Waals surface area contributed by atoms with Gasteiger partial charge >= 0.3 is 0 Å². The molecule has 0 aliphatic heterocycles. The number of nitrogens with one attached hydrogen (secondary N) is 1. The van der Waals surface area contributed by atoms with Gasteiger partial charge < -0.3 is 5.32 Å². The SMILES string of the molecule is C[C@@H](NCc1c(Cl)ccc(Cl)c1Cl)c1ccccn1. The summed E-state index contributed by atoms with van der Waals surface area (Å²) in [6.45, 7) is 2.57. The lowest BCUT2D eigenvalue weighted by molar-refractivity contribution is 0.562. The van der Waals surface area contributed by atoms with Gasteiger partial charge in [0, 0.05) is 29.4 Å². The third-order valence-corrected chi connectivity index (χ3v) is 4.05. The molecule has 1 N–H and O–H groups in total. The van der Waals surface area contributed by atoms with Gasteiger partial charge in [0.15, 0.2) is 0 Å². The van der Waals surface area contributed by atoms with E-state index in [4.69, 9.17) is 34.8 Å². The van der Waals surface area contributed by atoms with Crippen LogP contribution in [0.25, 0.3) is 0 Å². The van der Waals surface area contributed by atoms with Crippen LogP contribution in [-0.4, -0.2) is 4.98 Å². The predicted molar refractivity (Wildman–Crippen MR) is 81.0 cm³/mol. The minimum absolute atomic E-state index is 0.104. The van der Waals surface area contributed by atoms with Gasteiger partial charge in [0.1, 0.15) is 0 Å². The second-order valence-electron chi connectivity index (χ2n) is 4.18. The number of benzene rings is 1. The first-order valence-corrected chi connectivity index (χ1v) is 6.99. The Morgan fingerprint density at radius 3 is 2.53 bits per heavy atom. The van der Waals surface area contributed by atoms with Crippen LogP contribution in [0.3, 0.4) is 0 Å². The zero-order chi connectivity index (χ0) is 13.8. The van der Waals surface area contributed by atoms with Crippen LogP contribution < -0.4 is 5.32 Å². The fourth-order valence-corrected chi connectivity index (χ4v) is 2.40. The van der Waals surface area contributed by atoms with E-state index in [1.54, 1.807) is 18.3 Å². The van der Waals surface area contributed by atoms with E-state index >= 15 is 0 Å². The van der Waals surface area contributed by atoms with E-state index in [1.807, 2.05) is 25.1 Å². The molecule has 0 saturated heterocycles. The molecule has 1 atom stereocenters. The van der Waals surface area contributed by atoms with Crippen molar-refractivity contribution in [3.05, 3.63) is 62.9 Å². The Labute approximate surface area is 127 Å². The molecule has 5 heteroatoms. The van der Waals surface area contributed by atoms with Crippen molar-refractivity contribution in [2.75, 3.05) is 0 Å². The third kappa shape index (κ3) is 3.61. The number of hydrogen-bond donors (Lipinski definition) is 1. The van der Waals surface area contributed by atoms with Gasteiger partial charge in [-0.1, -0.05) is 40.9 Å². The van der Waals surface area contributed by atoms with Gasteiger partial charge in [0.05, 0.1) is 15.7 Å². The van der Waals surface area contributed by atoms with Gasteiger partial charge in [0.25, 0.3) is 0 Å². The van der Waals surface area contributed by atoms with Gasteiger partial charge in [-0.2, -0.15) is 0 Å². The second kappa shape index (κ2) is 6.58. The number of aromatic nitrogens is 1. The van der Waals surface area contributed by atoms with Crippen molar-refractivity contribution in [3.63, 3.8) is 0 Å². The summed E-state index contributed by atoms with van der Waals surface area (Å²) < 4.78 is 0. The molecule has 100 valence electrons. The maximum absolute atomic E-state index is 6.16. The Morgan fingerprint density at radius 1 is 1.11 bits per heavy atom. The maximum atomic E-state index is 6.16. The van der Waals surface area contributed by atoms with Crippen molar-refractivity contribution < 1.29 is 0 Å². The van der Waals surface area contributed by atoms with E-state index in [2.05, 4.69) is 10.3 Å². The highest BCUT2D eigenvalue weighted by Gasteiger charge is 2.12. The maximum Gasteiger partial charge on any atom is 0.0652 e. The van der Waals surface area contributed by atoms with Crippen molar-refractivity contribution in [3.8, 4) is 0 Å². The van der Waals surface area contributed by atoms with Crippen LogP contribution in [-0.2, 0) is 6.54 Å². The third-order valence-electron chi connectivity index (χ3n) is 2.86. The molecular formula is C14H13Cl3N2. The Bertz CT molecular complexity index is 558. The summed E-state index contributed by atoms with van der Waals surface area (Å²) in [5.74, 6) is 0. The lowest BCUT2D eigenvalue weighted by atomic mass is 10.1. The first-order chi connectivity index (χ1) is 9.09. The summed E-state index contributed by atoms with van der Waals surface area (Å²) in [6, 6.07) is 9.36. The number of nitrogens with zero attached hydrogens (tertiary/aromatic N) is 1. The molecule has 0 aliphatic rings. The van der Waals surface area contributed by atoms with Gasteiger partial charge in [-0.25, -0.2) is 0 Å². The normalized spacial score (nSPS) is 12.4. The van der Waals surface area contributed by atoms with Gasteiger partial charge in [0.2, 0.25) is 0 Å². The highest BCUT2D eigenvalue weighted by Crippen LogP contribution is 2.31. The summed E-state index contributed by atoms with van der Waals surface area (Å²) in [7, 11) is 0. The number of hydrogen-bond acceptors (Lipinski definition) is 2. The Balaban J connectivity index is 2.09. The van der Waals surface area contributed by atoms with E-state index in [0.717, 1.165) is 11.3 Å². The lowest BCUT2D eigenvalue weighted by Gasteiger charge is -2.15. The van der Waals surface area contributed by atoms with E-state index in [9.17, 15) is 0 Å². The van der Waals surface area contributed by atoms with Gasteiger partial charge in [-0.15, -0.1) is 0 Å². The van der Waals surface area contributed by atoms with Crippen molar-refractivity contribution in [2.45, 2.75) is 19.5 Å². The van der Waals surface area contributed by atoms with Crippen LogP contribution in [0.15, 0.2) is 36.5 Å². The molecule has 0 unspecified atom stereocenters. The molecule has 2 nitrogen and oxygen atoms in total. The van der Waals surface area contributed by atoms with Crippen molar-refractivity contribution >= 4 is 34.8 Å². The Hall–Kier alpha value is -0.800. The number of rotatable bonds is 4. The van der Waals surface area contributed by atoms with E-state index < -0.39 is 0 Å². The highest BCUT2D eigenvalue weighted by atomic mass is 35.5. The topological polar surface area (TPSA) is 24.9 Å². The molecule has 2 rings (SSSR count). The number of pyridine rings is 1. The van der Waals surface area contributed by atoms with Crippen LogP contribution in [0.4, 0.5) is 0 Å². The quantitative estimate of drug-likeness (QED) is 0.812. The second-order valence-corrected chi connectivity index (χ2v) is 5.37. The van der Waals surface area contributed by atoms with Crippen LogP contribution in [0.5, 0.6) is 0 Å². The molecule has 0 saturated carbocycles. The lowest BCUT2D eigenvalue weighted by Crippen LogP contribution is -2.19. The molecule has 1 aromatic carbocycles. The minimum atomic E-state index is 0.104. The molecule has 2 aromatic rings. The average molecular weight is 316 g/mol. The fourth-order valence-electron chi connectivity index (χ4n) is 1.72. The first-order valence-electron chi connectivity index (χ1n) is 5.86. The fraction of sp³-hybridized carbons (Fsp3) is 0.214. The molecule has 0 amide bonds. The molecule has 0 radical (unpaired) electrons. The summed E-state index contributed by atoms with van der Waals surface area (Å²) in [6.07, 6.45) is 1.77. The summed E-state index contributed by atoms with van der Waals surface area (Å²) >= 11 is 18.3. The van der Waals surface area contributed by atoms with Crippen molar-refractivity contribution in [1.29, 1.82) is 0 Å². The molecule has 0 bridgehead atoms. The van der Waals surface area contributed by atoms with E-state index in [0.29, 0.717) is 21.6 Å². The summed E-state index contributed by atoms with van der Waals surface area (Å²) in [5, 5.41) is 4.94. The predicted octanol–water partition coefficient (Wildman–Crippen LogP) is 4.89. The molecule has 0 spiro atoms. The van der Waals surface area contributed by atoms with Crippen LogP contribution >= 0.6 is 34.8 Å². The van der Waals surface area contributed by atoms with Gasteiger partial charge in [-0.3, -0.25) is 4.98 Å². The monoisotopic (exact) mass is 314 g/mol. The number of halogens is 3. The molecular weight excluding hydrogens is 303 g/mol. The van der Waals surface area contributed by atoms with Crippen molar-refractivity contribution in [1.82, 2.24) is 10.3 Å². The minimum Gasteiger partial charge on any atom is -0.305 e. The summed E-state index contributed by atoms with van der Waals surface area (Å²) in [4.78, 5) is 4.30. The average Bonchev–Trinajstić information content (AvgIpc) is 2.44. The highest BCUT2D eigenvalue weighted by molar-refractivity contribution is 6.44. The molecule has 1 heterocycles. The molecule has 19 heavy (non-hydrogen) atoms. The zero-order valence-corrected chi connectivity index (χ0v) is 12.6.